The quantitative estimate of drug-likeness (QED) is 0.126. The third-order valence-corrected chi connectivity index (χ3v) is 33.0. The van der Waals surface area contributed by atoms with Crippen molar-refractivity contribution in [3.8, 4) is 134 Å². The van der Waals surface area contributed by atoms with Crippen molar-refractivity contribution in [2.24, 2.45) is 0 Å². The van der Waals surface area contributed by atoms with Gasteiger partial charge in [0.25, 0.3) is 0 Å². The summed E-state index contributed by atoms with van der Waals surface area (Å²) in [6, 6.07) is 189. The Morgan fingerprint density at radius 3 is 0.694 bits per heavy atom. The smallest absolute Gasteiger partial charge is 0.0165 e. The fourth-order valence-corrected chi connectivity index (χ4v) is 26.1. The lowest BCUT2D eigenvalue weighted by Gasteiger charge is -2.23. The van der Waals surface area contributed by atoms with Crippen molar-refractivity contribution >= 4 is 129 Å². The monoisotopic (exact) mass is 1870 g/mol. The minimum absolute atomic E-state index is 0.0590. The van der Waals surface area contributed by atoms with Gasteiger partial charge in [-0.3, -0.25) is 0 Å². The minimum Gasteiger partial charge on any atom is -0.0616 e. The molecule has 0 N–H and O–H groups in total. The molecule has 0 fully saturated rings. The largest absolute Gasteiger partial charge is 0.0616 e. The Balaban J connectivity index is 0.000000107. The van der Waals surface area contributed by atoms with Crippen LogP contribution in [-0.4, -0.2) is 0 Å². The summed E-state index contributed by atoms with van der Waals surface area (Å²) in [6.07, 6.45) is 0. The Kier molecular flexibility index (Phi) is 20.2. The van der Waals surface area contributed by atoms with E-state index < -0.39 is 0 Å². The van der Waals surface area contributed by atoms with Crippen LogP contribution in [0, 0.1) is 0 Å². The summed E-state index contributed by atoms with van der Waals surface area (Å²) >= 11 is 0. The lowest BCUT2D eigenvalue weighted by Crippen LogP contribution is -2.15. The number of hydrogen-bond acceptors (Lipinski definition) is 0. The molecule has 0 bridgehead atoms. The number of rotatable bonds is 9. The highest BCUT2D eigenvalue weighted by molar-refractivity contribution is 6.26. The molecule has 0 unspecified atom stereocenters. The van der Waals surface area contributed by atoms with E-state index in [1.54, 1.807) is 0 Å². The van der Waals surface area contributed by atoms with E-state index in [0.717, 1.165) is 0 Å². The van der Waals surface area contributed by atoms with Gasteiger partial charge in [0.05, 0.1) is 0 Å². The molecule has 690 valence electrons. The Morgan fingerprint density at radius 2 is 0.333 bits per heavy atom. The molecule has 0 radical (unpaired) electrons. The first-order valence-corrected chi connectivity index (χ1v) is 51.8. The van der Waals surface area contributed by atoms with E-state index in [4.69, 9.17) is 0 Å². The van der Waals surface area contributed by atoms with Crippen LogP contribution in [-0.2, 0) is 16.2 Å². The normalized spacial score (nSPS) is 13.3. The van der Waals surface area contributed by atoms with E-state index in [1.807, 2.05) is 0 Å². The Bertz CT molecular complexity index is 10100. The van der Waals surface area contributed by atoms with Crippen LogP contribution in [0.2, 0.25) is 0 Å². The Hall–Kier alpha value is -17.9. The molecule has 0 amide bonds. The first-order valence-electron chi connectivity index (χ1n) is 51.8. The maximum absolute atomic E-state index is 2.45. The van der Waals surface area contributed by atoms with E-state index >= 15 is 0 Å². The van der Waals surface area contributed by atoms with Gasteiger partial charge in [-0.1, -0.05) is 497 Å². The molecule has 0 atom stereocenters. The van der Waals surface area contributed by atoms with Gasteiger partial charge < -0.3 is 0 Å². The van der Waals surface area contributed by atoms with Crippen molar-refractivity contribution in [3.05, 3.63) is 543 Å². The predicted molar refractivity (Wildman–Crippen MR) is 631 cm³/mol. The summed E-state index contributed by atoms with van der Waals surface area (Å²) in [6.45, 7) is 14.3. The molecule has 0 nitrogen and oxygen atoms in total. The third kappa shape index (κ3) is 14.0. The van der Waals surface area contributed by atoms with Crippen LogP contribution in [0.3, 0.4) is 0 Å². The zero-order valence-electron chi connectivity index (χ0n) is 83.0. The van der Waals surface area contributed by atoms with Crippen LogP contribution < -0.4 is 0 Å². The van der Waals surface area contributed by atoms with Crippen molar-refractivity contribution < 1.29 is 0 Å². The van der Waals surface area contributed by atoms with Gasteiger partial charge in [0.15, 0.2) is 0 Å². The van der Waals surface area contributed by atoms with Gasteiger partial charge in [-0.15, -0.1) is 0 Å². The van der Waals surface area contributed by atoms with Gasteiger partial charge in [0.2, 0.25) is 0 Å². The highest BCUT2D eigenvalue weighted by atomic mass is 14.4. The van der Waals surface area contributed by atoms with Crippen molar-refractivity contribution in [2.75, 3.05) is 0 Å². The van der Waals surface area contributed by atoms with Crippen LogP contribution in [0.4, 0.5) is 0 Å². The summed E-state index contributed by atoms with van der Waals surface area (Å²) in [5, 5.41) is 30.9. The first kappa shape index (κ1) is 86.9. The van der Waals surface area contributed by atoms with E-state index in [-0.39, 0.29) is 16.2 Å². The molecule has 0 heterocycles. The maximum Gasteiger partial charge on any atom is 0.0165 e. The lowest BCUT2D eigenvalue weighted by molar-refractivity contribution is 0.661. The molecular weight excluding hydrogens is 1770 g/mol. The first-order chi connectivity index (χ1) is 72.2. The van der Waals surface area contributed by atoms with Gasteiger partial charge in [0.1, 0.15) is 0 Å². The highest BCUT2D eigenvalue weighted by Gasteiger charge is 2.41. The minimum atomic E-state index is -0.0931. The van der Waals surface area contributed by atoms with E-state index in [0.29, 0.717) is 0 Å². The molecule has 0 heteroatoms. The molecule has 27 aromatic rings. The summed E-state index contributed by atoms with van der Waals surface area (Å²) < 4.78 is 0. The van der Waals surface area contributed by atoms with Crippen LogP contribution >= 0.6 is 0 Å². The average molecular weight is 1870 g/mol. The zero-order chi connectivity index (χ0) is 98.1. The SMILES string of the molecule is CC1(C)c2cc(-c3cccc(-c4c5ccccc5c(-c5ccc6ccccc6c5)c5ccccc45)c3)ccc2-c2c1ccc1ccccc21.CC1(C)c2cc(-c3cccc(-c4c5ccccc5c(-c5ccc6ccccc6c5)c5ccccc45)c3)ccc2-c2ccc3ccccc3c21.CC1(C)c2ccc(-c3cccc(-c4c5ccccc5c(-c5ccc6ccccc6c5)c5ccccc45)c3)cc2-c2ccc3ccccc3c21. The van der Waals surface area contributed by atoms with Gasteiger partial charge in [-0.2, -0.15) is 0 Å². The Labute approximate surface area is 857 Å². The highest BCUT2D eigenvalue weighted by Crippen LogP contribution is 2.58. The molecule has 0 aliphatic heterocycles. The molecular formula is C147H102. The molecule has 147 heavy (non-hydrogen) atoms. The fourth-order valence-electron chi connectivity index (χ4n) is 26.1. The van der Waals surface area contributed by atoms with Crippen molar-refractivity contribution in [1.82, 2.24) is 0 Å². The molecule has 0 aromatic heterocycles. The molecule has 30 rings (SSSR count). The van der Waals surface area contributed by atoms with Gasteiger partial charge in [-0.25, -0.2) is 0 Å². The summed E-state index contributed by atoms with van der Waals surface area (Å²) in [5.74, 6) is 0. The fraction of sp³-hybridized carbons (Fsp3) is 0.0612. The Morgan fingerprint density at radius 1 is 0.109 bits per heavy atom. The second kappa shape index (κ2) is 34.1. The van der Waals surface area contributed by atoms with E-state index in [1.165, 1.54) is 296 Å². The standard InChI is InChI=1S/3C49H34/c1-49(2)45-30-35(25-26-39(45)44-27-24-32-13-5-6-17-38(32)48(44)49)34-15-11-16-36(29-34)46-40-18-7-9-20-42(40)47(43-21-10-8-19-41(43)46)37-23-22-31-12-3-4-14-33(31)28-37;1-49(2)44-27-25-32-13-5-6-17-38(32)48(44)43-26-24-35(30-45(43)49)34-15-11-16-36(29-34)46-39-18-7-9-20-41(39)47(42-21-10-8-19-40(42)46)37-23-22-31-12-3-4-14-33(31)28-37;1-49(2)45-27-25-35(30-44(45)43-26-24-32-13-5-6-17-38(32)48(43)49)34-15-11-16-36(29-34)46-39-18-7-9-20-41(39)47(42-21-10-8-19-40(42)46)37-23-22-31-12-3-4-14-33(31)28-37/h3*3-30H,1-2H3. The summed E-state index contributed by atoms with van der Waals surface area (Å²) in [4.78, 5) is 0. The molecule has 0 spiro atoms. The summed E-state index contributed by atoms with van der Waals surface area (Å²) in [7, 11) is 0. The zero-order valence-corrected chi connectivity index (χ0v) is 83.0. The van der Waals surface area contributed by atoms with Gasteiger partial charge in [-0.05, 0) is 351 Å². The lowest BCUT2D eigenvalue weighted by atomic mass is 9.79. The molecule has 3 aliphatic rings. The molecule has 0 saturated carbocycles. The second-order valence-electron chi connectivity index (χ2n) is 42.2. The van der Waals surface area contributed by atoms with Crippen LogP contribution in [0.5, 0.6) is 0 Å². The van der Waals surface area contributed by atoms with E-state index in [9.17, 15) is 0 Å². The molecule has 0 saturated heterocycles. The number of fused-ring (bicyclic) bond motifs is 24. The van der Waals surface area contributed by atoms with Gasteiger partial charge in [0, 0.05) is 16.2 Å². The molecule has 3 aliphatic carbocycles. The average Bonchev–Trinajstić information content (AvgIpc) is 1.61. The topological polar surface area (TPSA) is 0 Å². The van der Waals surface area contributed by atoms with Crippen LogP contribution in [0.1, 0.15) is 74.9 Å². The van der Waals surface area contributed by atoms with Crippen molar-refractivity contribution in [2.45, 2.75) is 57.8 Å². The molecule has 27 aromatic carbocycles. The van der Waals surface area contributed by atoms with Crippen LogP contribution in [0.15, 0.2) is 510 Å². The second-order valence-corrected chi connectivity index (χ2v) is 42.2. The number of benzene rings is 27. The van der Waals surface area contributed by atoms with Crippen molar-refractivity contribution in [1.29, 1.82) is 0 Å². The predicted octanol–water partition coefficient (Wildman–Crippen LogP) is 40.8. The van der Waals surface area contributed by atoms with Crippen LogP contribution in [0.25, 0.3) is 263 Å². The maximum atomic E-state index is 2.45. The number of hydrogen-bond donors (Lipinski definition) is 0. The van der Waals surface area contributed by atoms with Crippen molar-refractivity contribution in [3.63, 3.8) is 0 Å². The van der Waals surface area contributed by atoms with Gasteiger partial charge >= 0.3 is 0 Å². The summed E-state index contributed by atoms with van der Waals surface area (Å²) in [5.41, 5.74) is 39.2. The third-order valence-electron chi connectivity index (χ3n) is 33.0. The van der Waals surface area contributed by atoms with E-state index in [2.05, 4.69) is 551 Å².